The molecule has 0 aromatic carbocycles. The van der Waals surface area contributed by atoms with Gasteiger partial charge in [-0.25, -0.2) is 0 Å². The van der Waals surface area contributed by atoms with Gasteiger partial charge in [-0.05, 0) is 26.4 Å². The summed E-state index contributed by atoms with van der Waals surface area (Å²) in [7, 11) is 2.11. The van der Waals surface area contributed by atoms with E-state index in [4.69, 9.17) is 57.2 Å². The molecule has 0 aromatic heterocycles. The van der Waals surface area contributed by atoms with Crippen molar-refractivity contribution in [1.82, 2.24) is 10.2 Å². The first-order valence-corrected chi connectivity index (χ1v) is 18.5. The number of nitrogens with one attached hydrogen (secondary N) is 1. The van der Waals surface area contributed by atoms with Crippen molar-refractivity contribution in [1.29, 1.82) is 0 Å². The number of rotatable bonds is 44. The van der Waals surface area contributed by atoms with Crippen molar-refractivity contribution in [2.24, 2.45) is 0 Å². The molecule has 0 unspecified atom stereocenters. The Bertz CT molecular complexity index is 797. The van der Waals surface area contributed by atoms with E-state index in [1.807, 2.05) is 0 Å². The number of carbonyl (C=O) groups excluding carboxylic acids is 2. The fraction of sp³-hybridized carbons (Fsp3) is 0.914. The zero-order valence-corrected chi connectivity index (χ0v) is 31.8. The van der Waals surface area contributed by atoms with E-state index in [2.05, 4.69) is 24.2 Å². The number of hydrogen-bond donors (Lipinski definition) is 2. The van der Waals surface area contributed by atoms with E-state index in [0.29, 0.717) is 145 Å². The van der Waals surface area contributed by atoms with Crippen LogP contribution in [0.4, 0.5) is 0 Å². The summed E-state index contributed by atoms with van der Waals surface area (Å²) in [6.07, 6.45) is 2.67. The van der Waals surface area contributed by atoms with E-state index in [0.717, 1.165) is 19.7 Å². The van der Waals surface area contributed by atoms with Crippen molar-refractivity contribution in [3.63, 3.8) is 0 Å². The third kappa shape index (κ3) is 42.5. The lowest BCUT2D eigenvalue weighted by Crippen LogP contribution is -2.31. The van der Waals surface area contributed by atoms with Gasteiger partial charge in [0.25, 0.3) is 0 Å². The van der Waals surface area contributed by atoms with Crippen LogP contribution in [0.15, 0.2) is 0 Å². The molecule has 0 rings (SSSR count). The van der Waals surface area contributed by atoms with Crippen LogP contribution in [0, 0.1) is 0 Å². The Morgan fingerprint density at radius 2 is 0.885 bits per heavy atom. The number of ether oxygens (including phenoxy) is 11. The van der Waals surface area contributed by atoms with E-state index in [1.165, 1.54) is 12.8 Å². The lowest BCUT2D eigenvalue weighted by atomic mass is 10.2. The summed E-state index contributed by atoms with van der Waals surface area (Å²) in [5.41, 5.74) is 0. The Kier molecular flexibility index (Phi) is 40.4. The molecule has 2 N–H and O–H groups in total. The summed E-state index contributed by atoms with van der Waals surface area (Å²) in [6.45, 7) is 14.1. The largest absolute Gasteiger partial charge is 0.481 e. The molecule has 17 heteroatoms. The average molecular weight is 757 g/mol. The van der Waals surface area contributed by atoms with E-state index < -0.39 is 12.4 Å². The minimum absolute atomic E-state index is 0.0504. The number of unbranched alkanes of at least 4 members (excludes halogenated alkanes) is 1. The van der Waals surface area contributed by atoms with Crippen LogP contribution in [0.3, 0.4) is 0 Å². The van der Waals surface area contributed by atoms with Gasteiger partial charge in [-0.2, -0.15) is 0 Å². The van der Waals surface area contributed by atoms with E-state index in [-0.39, 0.29) is 24.7 Å². The first-order valence-electron chi connectivity index (χ1n) is 18.5. The predicted octanol–water partition coefficient (Wildman–Crippen LogP) is 0.841. The zero-order valence-electron chi connectivity index (χ0n) is 31.8. The second kappa shape index (κ2) is 41.9. The summed E-state index contributed by atoms with van der Waals surface area (Å²) >= 11 is 0. The van der Waals surface area contributed by atoms with E-state index in [9.17, 15) is 14.4 Å². The molecule has 0 aromatic rings. The topological polar surface area (TPSA) is 188 Å². The Morgan fingerprint density at radius 1 is 0.500 bits per heavy atom. The molecule has 52 heavy (non-hydrogen) atoms. The fourth-order valence-electron chi connectivity index (χ4n) is 3.95. The van der Waals surface area contributed by atoms with Crippen LogP contribution in [0.25, 0.3) is 0 Å². The van der Waals surface area contributed by atoms with Gasteiger partial charge in [0.1, 0.15) is 18.8 Å². The summed E-state index contributed by atoms with van der Waals surface area (Å²) < 4.78 is 59.7. The number of carbonyl (C=O) groups is 3. The second-order valence-corrected chi connectivity index (χ2v) is 11.4. The SMILES string of the molecule is CCCCN(C)CCOCCOCCOCCOCCOCCNC(=O)COCCOCCOCCOCCOCCOCCCC(=O)CC(=O)O. The monoisotopic (exact) mass is 756 g/mol. The molecule has 0 aliphatic carbocycles. The first-order chi connectivity index (χ1) is 25.5. The number of carboxylic acid groups (broad SMARTS) is 1. The summed E-state index contributed by atoms with van der Waals surface area (Å²) in [4.78, 5) is 35.8. The van der Waals surface area contributed by atoms with Crippen molar-refractivity contribution in [2.45, 2.75) is 39.0 Å². The summed E-state index contributed by atoms with van der Waals surface area (Å²) in [6, 6.07) is 0. The molecular weight excluding hydrogens is 688 g/mol. The van der Waals surface area contributed by atoms with Gasteiger partial charge in [0, 0.05) is 26.1 Å². The van der Waals surface area contributed by atoms with Crippen molar-refractivity contribution < 1.29 is 71.6 Å². The maximum absolute atomic E-state index is 11.8. The molecule has 0 radical (unpaired) electrons. The normalized spacial score (nSPS) is 11.4. The lowest BCUT2D eigenvalue weighted by molar-refractivity contribution is -0.140. The molecule has 0 spiro atoms. The Hall–Kier alpha value is -1.87. The molecule has 0 saturated carbocycles. The maximum Gasteiger partial charge on any atom is 0.310 e. The molecule has 0 aliphatic heterocycles. The molecule has 0 saturated heterocycles. The van der Waals surface area contributed by atoms with E-state index >= 15 is 0 Å². The quantitative estimate of drug-likeness (QED) is 0.0657. The lowest BCUT2D eigenvalue weighted by Gasteiger charge is -2.15. The average Bonchev–Trinajstić information content (AvgIpc) is 3.12. The predicted molar refractivity (Wildman–Crippen MR) is 191 cm³/mol. The number of Topliss-reactive ketones (excluding diaryl/α,β-unsaturated/α-hetero) is 1. The van der Waals surface area contributed by atoms with Crippen LogP contribution >= 0.6 is 0 Å². The third-order valence-corrected chi connectivity index (χ3v) is 6.75. The van der Waals surface area contributed by atoms with Crippen LogP contribution in [0.5, 0.6) is 0 Å². The van der Waals surface area contributed by atoms with Gasteiger partial charge in [0.2, 0.25) is 5.91 Å². The molecule has 0 heterocycles. The van der Waals surface area contributed by atoms with Gasteiger partial charge >= 0.3 is 5.97 Å². The highest BCUT2D eigenvalue weighted by atomic mass is 16.6. The fourth-order valence-corrected chi connectivity index (χ4v) is 3.95. The Labute approximate surface area is 310 Å². The molecule has 308 valence electrons. The van der Waals surface area contributed by atoms with Crippen LogP contribution in [-0.4, -0.2) is 200 Å². The van der Waals surface area contributed by atoms with Gasteiger partial charge in [0.15, 0.2) is 0 Å². The van der Waals surface area contributed by atoms with Gasteiger partial charge in [-0.3, -0.25) is 14.4 Å². The Balaban J connectivity index is 3.19. The van der Waals surface area contributed by atoms with Crippen molar-refractivity contribution >= 4 is 17.7 Å². The van der Waals surface area contributed by atoms with Crippen molar-refractivity contribution in [2.75, 3.05) is 172 Å². The minimum Gasteiger partial charge on any atom is -0.481 e. The Morgan fingerprint density at radius 3 is 1.31 bits per heavy atom. The van der Waals surface area contributed by atoms with Gasteiger partial charge in [0.05, 0.1) is 132 Å². The van der Waals surface area contributed by atoms with E-state index in [1.54, 1.807) is 0 Å². The van der Waals surface area contributed by atoms with Crippen LogP contribution in [-0.2, 0) is 66.5 Å². The number of amides is 1. The summed E-state index contributed by atoms with van der Waals surface area (Å²) in [5.74, 6) is -1.63. The molecule has 0 atom stereocenters. The number of ketones is 1. The standard InChI is InChI=1S/C35H68N2O15/c1-3-4-8-37(2)9-12-44-15-18-47-21-24-49-23-20-46-17-14-43-11-7-36-34(39)32-52-30-29-51-28-27-50-26-25-48-22-19-45-16-13-42-10-5-6-33(38)31-35(40)41/h3-32H2,1-2H3,(H,36,39)(H,40,41). The highest BCUT2D eigenvalue weighted by Crippen LogP contribution is 1.96. The molecular formula is C35H68N2O15. The maximum atomic E-state index is 11.8. The smallest absolute Gasteiger partial charge is 0.310 e. The number of nitrogens with zero attached hydrogens (tertiary/aromatic N) is 1. The molecule has 0 fully saturated rings. The number of carboxylic acids is 1. The number of likely N-dealkylation sites (N-methyl/N-ethyl adjacent to an activating group) is 1. The molecule has 0 aliphatic rings. The highest BCUT2D eigenvalue weighted by molar-refractivity contribution is 5.94. The highest BCUT2D eigenvalue weighted by Gasteiger charge is 2.07. The van der Waals surface area contributed by atoms with Crippen molar-refractivity contribution in [3.8, 4) is 0 Å². The first kappa shape index (κ1) is 50.1. The van der Waals surface area contributed by atoms with Gasteiger partial charge in [-0.1, -0.05) is 13.3 Å². The number of hydrogen-bond acceptors (Lipinski definition) is 15. The van der Waals surface area contributed by atoms with Crippen LogP contribution < -0.4 is 5.32 Å². The molecule has 0 bridgehead atoms. The second-order valence-electron chi connectivity index (χ2n) is 11.4. The van der Waals surface area contributed by atoms with Crippen LogP contribution in [0.1, 0.15) is 39.0 Å². The van der Waals surface area contributed by atoms with Gasteiger partial charge in [-0.15, -0.1) is 0 Å². The van der Waals surface area contributed by atoms with Gasteiger partial charge < -0.3 is 67.4 Å². The summed E-state index contributed by atoms with van der Waals surface area (Å²) in [5, 5.41) is 11.3. The molecule has 1 amide bonds. The third-order valence-electron chi connectivity index (χ3n) is 6.75. The van der Waals surface area contributed by atoms with Crippen LogP contribution in [0.2, 0.25) is 0 Å². The molecule has 17 nitrogen and oxygen atoms in total. The zero-order chi connectivity index (χ0) is 38.0. The van der Waals surface area contributed by atoms with Crippen molar-refractivity contribution in [3.05, 3.63) is 0 Å². The number of aliphatic carboxylic acids is 1. The minimum atomic E-state index is -1.11.